The molecule has 0 aliphatic carbocycles. The Morgan fingerprint density at radius 3 is 2.56 bits per heavy atom. The molecule has 1 amide bonds. The van der Waals surface area contributed by atoms with Crippen LogP contribution in [0.2, 0.25) is 0 Å². The molecule has 0 unspecified atom stereocenters. The second-order valence-corrected chi connectivity index (χ2v) is 6.24. The second-order valence-electron chi connectivity index (χ2n) is 6.24. The summed E-state index contributed by atoms with van der Waals surface area (Å²) in [7, 11) is 0. The topological polar surface area (TPSA) is 112 Å². The van der Waals surface area contributed by atoms with Crippen LogP contribution in [0.15, 0.2) is 33.9 Å². The molecule has 0 radical (unpaired) electrons. The average Bonchev–Trinajstić information content (AvgIpc) is 2.53. The number of aromatic amines is 1. The van der Waals surface area contributed by atoms with Crippen LogP contribution in [-0.2, 0) is 16.1 Å². The van der Waals surface area contributed by atoms with Crippen molar-refractivity contribution in [1.29, 1.82) is 0 Å². The van der Waals surface area contributed by atoms with Crippen molar-refractivity contribution in [2.45, 2.75) is 26.8 Å². The van der Waals surface area contributed by atoms with Crippen LogP contribution in [0, 0.1) is 5.92 Å². The van der Waals surface area contributed by atoms with Gasteiger partial charge in [0.25, 0.3) is 5.56 Å². The summed E-state index contributed by atoms with van der Waals surface area (Å²) in [5, 5.41) is 9.32. The molecule has 25 heavy (non-hydrogen) atoms. The summed E-state index contributed by atoms with van der Waals surface area (Å²) in [5.41, 5.74) is -0.627. The molecule has 134 valence electrons. The highest BCUT2D eigenvalue weighted by Gasteiger charge is 2.18. The molecule has 0 bridgehead atoms. The van der Waals surface area contributed by atoms with Crippen molar-refractivity contribution < 1.29 is 14.7 Å². The molecule has 0 saturated heterocycles. The van der Waals surface area contributed by atoms with Crippen molar-refractivity contribution >= 4 is 22.8 Å². The monoisotopic (exact) mass is 347 g/mol. The third kappa shape index (κ3) is 4.56. The fraction of sp³-hybridized carbons (Fsp3) is 0.412. The van der Waals surface area contributed by atoms with E-state index in [9.17, 15) is 19.2 Å². The number of aliphatic carboxylic acids is 1. The summed E-state index contributed by atoms with van der Waals surface area (Å²) < 4.78 is 1.32. The van der Waals surface area contributed by atoms with Gasteiger partial charge in [-0.3, -0.25) is 23.9 Å². The zero-order valence-electron chi connectivity index (χ0n) is 14.2. The molecule has 0 fully saturated rings. The number of amides is 1. The van der Waals surface area contributed by atoms with E-state index in [-0.39, 0.29) is 31.3 Å². The number of hydrogen-bond acceptors (Lipinski definition) is 4. The Balaban J connectivity index is 2.24. The maximum absolute atomic E-state index is 12.4. The van der Waals surface area contributed by atoms with Gasteiger partial charge in [0.05, 0.1) is 10.9 Å². The fourth-order valence-electron chi connectivity index (χ4n) is 2.69. The van der Waals surface area contributed by atoms with Crippen molar-refractivity contribution in [2.24, 2.45) is 5.92 Å². The second kappa shape index (κ2) is 7.78. The Bertz CT molecular complexity index is 897. The number of nitrogens with one attached hydrogen (secondary N) is 1. The van der Waals surface area contributed by atoms with Crippen molar-refractivity contribution in [2.75, 3.05) is 13.1 Å². The number of aromatic nitrogens is 2. The van der Waals surface area contributed by atoms with Crippen LogP contribution in [0.4, 0.5) is 0 Å². The Labute approximate surface area is 143 Å². The first-order valence-electron chi connectivity index (χ1n) is 8.01. The zero-order valence-corrected chi connectivity index (χ0v) is 14.2. The first-order valence-corrected chi connectivity index (χ1v) is 8.01. The third-order valence-corrected chi connectivity index (χ3v) is 3.72. The van der Waals surface area contributed by atoms with Crippen LogP contribution < -0.4 is 11.2 Å². The van der Waals surface area contributed by atoms with Crippen LogP contribution >= 0.6 is 0 Å². The van der Waals surface area contributed by atoms with Gasteiger partial charge in [-0.15, -0.1) is 0 Å². The third-order valence-electron chi connectivity index (χ3n) is 3.72. The van der Waals surface area contributed by atoms with Crippen molar-refractivity contribution in [1.82, 2.24) is 14.5 Å². The summed E-state index contributed by atoms with van der Waals surface area (Å²) in [5.74, 6) is -1.31. The van der Waals surface area contributed by atoms with Gasteiger partial charge in [0.2, 0.25) is 5.91 Å². The van der Waals surface area contributed by atoms with Gasteiger partial charge in [0.15, 0.2) is 0 Å². The SMILES string of the molecule is CC(C)CN(CC(=O)O)C(=O)CCn1c(=O)[nH]c(=O)c2ccccc21. The lowest BCUT2D eigenvalue weighted by atomic mass is 10.2. The summed E-state index contributed by atoms with van der Waals surface area (Å²) >= 11 is 0. The number of benzene rings is 1. The summed E-state index contributed by atoms with van der Waals surface area (Å²) in [6.07, 6.45) is -0.0318. The van der Waals surface area contributed by atoms with E-state index >= 15 is 0 Å². The number of nitrogens with zero attached hydrogens (tertiary/aromatic N) is 2. The van der Waals surface area contributed by atoms with E-state index in [2.05, 4.69) is 4.98 Å². The Kier molecular flexibility index (Phi) is 5.74. The molecule has 0 spiro atoms. The summed E-state index contributed by atoms with van der Waals surface area (Å²) in [6.45, 7) is 3.79. The molecule has 1 heterocycles. The number of fused-ring (bicyclic) bond motifs is 1. The predicted molar refractivity (Wildman–Crippen MR) is 92.5 cm³/mol. The molecular weight excluding hydrogens is 326 g/mol. The maximum atomic E-state index is 12.4. The van der Waals surface area contributed by atoms with E-state index < -0.39 is 17.2 Å². The standard InChI is InChI=1S/C17H21N3O5/c1-11(2)9-19(10-15(22)23)14(21)7-8-20-13-6-4-3-5-12(13)16(24)18-17(20)25/h3-6,11H,7-10H2,1-2H3,(H,22,23)(H,18,24,25). The number of rotatable bonds is 7. The highest BCUT2D eigenvalue weighted by atomic mass is 16.4. The van der Waals surface area contributed by atoms with Gasteiger partial charge >= 0.3 is 11.7 Å². The number of aryl methyl sites for hydroxylation is 1. The van der Waals surface area contributed by atoms with Crippen molar-refractivity contribution in [3.8, 4) is 0 Å². The van der Waals surface area contributed by atoms with E-state index in [1.165, 1.54) is 9.47 Å². The minimum Gasteiger partial charge on any atom is -0.480 e. The highest BCUT2D eigenvalue weighted by Crippen LogP contribution is 2.08. The number of carboxylic acids is 1. The van der Waals surface area contributed by atoms with Crippen LogP contribution in [0.1, 0.15) is 20.3 Å². The van der Waals surface area contributed by atoms with Gasteiger partial charge in [0.1, 0.15) is 6.54 Å². The lowest BCUT2D eigenvalue weighted by Gasteiger charge is -2.23. The minimum atomic E-state index is -1.08. The summed E-state index contributed by atoms with van der Waals surface area (Å²) in [4.78, 5) is 50.7. The number of H-pyrrole nitrogens is 1. The number of carboxylic acid groups (broad SMARTS) is 1. The molecule has 0 aliphatic rings. The molecule has 2 aromatic rings. The Morgan fingerprint density at radius 1 is 1.24 bits per heavy atom. The number of hydrogen-bond donors (Lipinski definition) is 2. The van der Waals surface area contributed by atoms with Crippen LogP contribution in [-0.4, -0.2) is 44.5 Å². The van der Waals surface area contributed by atoms with Crippen LogP contribution in [0.3, 0.4) is 0 Å². The normalized spacial score (nSPS) is 11.0. The van der Waals surface area contributed by atoms with Crippen molar-refractivity contribution in [3.63, 3.8) is 0 Å². The average molecular weight is 347 g/mol. The molecule has 1 aromatic carbocycles. The van der Waals surface area contributed by atoms with Crippen molar-refractivity contribution in [3.05, 3.63) is 45.1 Å². The Hall–Kier alpha value is -2.90. The van der Waals surface area contributed by atoms with Crippen LogP contribution in [0.25, 0.3) is 10.9 Å². The van der Waals surface area contributed by atoms with Gasteiger partial charge in [-0.2, -0.15) is 0 Å². The smallest absolute Gasteiger partial charge is 0.328 e. The molecule has 0 saturated carbocycles. The van der Waals surface area contributed by atoms with Gasteiger partial charge < -0.3 is 10.0 Å². The van der Waals surface area contributed by atoms with Gasteiger partial charge in [-0.25, -0.2) is 4.79 Å². The largest absolute Gasteiger partial charge is 0.480 e. The quantitative estimate of drug-likeness (QED) is 0.763. The lowest BCUT2D eigenvalue weighted by molar-refractivity contribution is -0.144. The van der Waals surface area contributed by atoms with E-state index in [4.69, 9.17) is 5.11 Å². The van der Waals surface area contributed by atoms with Gasteiger partial charge in [0, 0.05) is 19.5 Å². The predicted octanol–water partition coefficient (Wildman–Crippen LogP) is 0.649. The maximum Gasteiger partial charge on any atom is 0.328 e. The zero-order chi connectivity index (χ0) is 18.6. The van der Waals surface area contributed by atoms with Crippen LogP contribution in [0.5, 0.6) is 0 Å². The molecule has 2 rings (SSSR count). The minimum absolute atomic E-state index is 0.0318. The van der Waals surface area contributed by atoms with Gasteiger partial charge in [-0.1, -0.05) is 26.0 Å². The van der Waals surface area contributed by atoms with E-state index in [1.807, 2.05) is 13.8 Å². The molecule has 8 heteroatoms. The molecule has 0 aliphatic heterocycles. The molecule has 0 atom stereocenters. The molecule has 2 N–H and O–H groups in total. The molecule has 1 aromatic heterocycles. The van der Waals surface area contributed by atoms with Gasteiger partial charge in [-0.05, 0) is 18.1 Å². The first kappa shape index (κ1) is 18.4. The number of para-hydroxylation sites is 1. The Morgan fingerprint density at radius 2 is 1.92 bits per heavy atom. The highest BCUT2D eigenvalue weighted by molar-refractivity contribution is 5.82. The summed E-state index contributed by atoms with van der Waals surface area (Å²) in [6, 6.07) is 6.63. The van der Waals surface area contributed by atoms with E-state index in [0.717, 1.165) is 0 Å². The fourth-order valence-corrected chi connectivity index (χ4v) is 2.69. The first-order chi connectivity index (χ1) is 11.8. The molecule has 8 nitrogen and oxygen atoms in total. The lowest BCUT2D eigenvalue weighted by Crippen LogP contribution is -2.39. The van der Waals surface area contributed by atoms with E-state index in [1.54, 1.807) is 24.3 Å². The molecular formula is C17H21N3O5. The number of carbonyl (C=O) groups is 2. The van der Waals surface area contributed by atoms with E-state index in [0.29, 0.717) is 17.4 Å². The number of carbonyl (C=O) groups excluding carboxylic acids is 1.